The van der Waals surface area contributed by atoms with Crippen molar-refractivity contribution >= 4 is 34.7 Å². The Hall–Kier alpha value is -4.36. The zero-order chi connectivity index (χ0) is 31.8. The number of thioether (sulfide) groups is 1. The molecule has 0 aliphatic rings. The minimum absolute atomic E-state index is 0.0826. The van der Waals surface area contributed by atoms with E-state index in [-0.39, 0.29) is 5.91 Å². The Labute approximate surface area is 270 Å². The van der Waals surface area contributed by atoms with Crippen molar-refractivity contribution in [3.8, 4) is 0 Å². The fraction of sp³-hybridized carbons (Fsp3) is 0.289. The highest BCUT2D eigenvalue weighted by atomic mass is 32.2. The van der Waals surface area contributed by atoms with Crippen LogP contribution in [0.5, 0.6) is 0 Å². The number of aliphatic carboxylic acids is 1. The van der Waals surface area contributed by atoms with E-state index in [2.05, 4.69) is 12.1 Å². The number of carbonyl (C=O) groups excluding carboxylic acids is 1. The number of hydrogen-bond acceptors (Lipinski definition) is 4. The quantitative estimate of drug-likeness (QED) is 0.107. The van der Waals surface area contributed by atoms with Gasteiger partial charge in [-0.05, 0) is 47.1 Å². The Balaban J connectivity index is 1.38. The van der Waals surface area contributed by atoms with Gasteiger partial charge in [0.2, 0.25) is 5.91 Å². The van der Waals surface area contributed by atoms with Crippen LogP contribution in [0, 0.1) is 5.41 Å². The van der Waals surface area contributed by atoms with Crippen LogP contribution in [-0.2, 0) is 16.0 Å². The van der Waals surface area contributed by atoms with Crippen molar-refractivity contribution in [2.45, 2.75) is 50.7 Å². The standard InChI is InChI=1S/C38H41N3O3S/c1-38(2,3)34(36(43)44)41-32-23-14-13-22-31(32)39-37(41)45-27-15-25-40(26-24-28-16-7-4-8-17-28)35(42)33(29-18-9-5-10-19-29)30-20-11-6-12-21-30/h4-14,16-23,33-34H,15,24-27H2,1-3H3,(H,43,44). The number of carboxylic acids is 1. The summed E-state index contributed by atoms with van der Waals surface area (Å²) in [6, 6.07) is 37.2. The number of imidazole rings is 1. The number of aromatic nitrogens is 2. The number of fused-ring (bicyclic) bond motifs is 1. The summed E-state index contributed by atoms with van der Waals surface area (Å²) in [6.07, 6.45) is 1.50. The molecule has 0 spiro atoms. The molecule has 0 aliphatic carbocycles. The van der Waals surface area contributed by atoms with Gasteiger partial charge in [0.1, 0.15) is 6.04 Å². The van der Waals surface area contributed by atoms with Crippen LogP contribution in [0.1, 0.15) is 55.8 Å². The molecule has 0 fully saturated rings. The molecule has 1 N–H and O–H groups in total. The lowest BCUT2D eigenvalue weighted by Gasteiger charge is -2.30. The molecule has 1 unspecified atom stereocenters. The van der Waals surface area contributed by atoms with Crippen molar-refractivity contribution in [3.05, 3.63) is 132 Å². The number of amides is 1. The van der Waals surface area contributed by atoms with Crippen LogP contribution >= 0.6 is 11.8 Å². The highest BCUT2D eigenvalue weighted by Crippen LogP contribution is 2.37. The van der Waals surface area contributed by atoms with Crippen molar-refractivity contribution in [2.75, 3.05) is 18.8 Å². The van der Waals surface area contributed by atoms with Gasteiger partial charge in [-0.2, -0.15) is 0 Å². The molecule has 5 aromatic rings. The molecule has 0 aliphatic heterocycles. The maximum atomic E-state index is 14.4. The van der Waals surface area contributed by atoms with E-state index in [0.717, 1.165) is 35.0 Å². The smallest absolute Gasteiger partial charge is 0.327 e. The molecule has 0 bridgehead atoms. The summed E-state index contributed by atoms with van der Waals surface area (Å²) in [5, 5.41) is 10.9. The van der Waals surface area contributed by atoms with Gasteiger partial charge in [-0.3, -0.25) is 4.79 Å². The number of benzene rings is 4. The third kappa shape index (κ3) is 7.84. The SMILES string of the molecule is CC(C)(C)C(C(=O)O)n1c(SCCCN(CCc2ccccc2)C(=O)C(c2ccccc2)c2ccccc2)nc2ccccc21. The van der Waals surface area contributed by atoms with Crippen molar-refractivity contribution < 1.29 is 14.7 Å². The fourth-order valence-electron chi connectivity index (χ4n) is 5.85. The molecule has 1 atom stereocenters. The average molecular weight is 620 g/mol. The molecule has 1 aromatic heterocycles. The van der Waals surface area contributed by atoms with Crippen LogP contribution in [0.25, 0.3) is 11.0 Å². The highest BCUT2D eigenvalue weighted by Gasteiger charge is 2.36. The lowest BCUT2D eigenvalue weighted by atomic mass is 9.86. The van der Waals surface area contributed by atoms with Crippen molar-refractivity contribution in [1.82, 2.24) is 14.5 Å². The molecule has 45 heavy (non-hydrogen) atoms. The van der Waals surface area contributed by atoms with E-state index in [0.29, 0.717) is 24.0 Å². The van der Waals surface area contributed by atoms with Crippen LogP contribution in [0.4, 0.5) is 0 Å². The van der Waals surface area contributed by atoms with E-state index in [1.54, 1.807) is 11.8 Å². The monoisotopic (exact) mass is 619 g/mol. The zero-order valence-electron chi connectivity index (χ0n) is 26.2. The van der Waals surface area contributed by atoms with Crippen LogP contribution in [-0.4, -0.2) is 50.3 Å². The summed E-state index contributed by atoms with van der Waals surface area (Å²) in [5.41, 5.74) is 4.22. The summed E-state index contributed by atoms with van der Waals surface area (Å²) < 4.78 is 1.88. The van der Waals surface area contributed by atoms with Crippen LogP contribution in [0.15, 0.2) is 120 Å². The van der Waals surface area contributed by atoms with E-state index >= 15 is 0 Å². The lowest BCUT2D eigenvalue weighted by molar-refractivity contribution is -0.144. The number of para-hydroxylation sites is 2. The third-order valence-electron chi connectivity index (χ3n) is 8.02. The minimum atomic E-state index is -0.877. The van der Waals surface area contributed by atoms with Gasteiger partial charge in [0.25, 0.3) is 0 Å². The summed E-state index contributed by atoms with van der Waals surface area (Å²) >= 11 is 1.55. The van der Waals surface area contributed by atoms with E-state index < -0.39 is 23.3 Å². The van der Waals surface area contributed by atoms with Crippen molar-refractivity contribution in [3.63, 3.8) is 0 Å². The normalized spacial score (nSPS) is 12.4. The largest absolute Gasteiger partial charge is 0.480 e. The maximum absolute atomic E-state index is 14.4. The Kier molecular flexibility index (Phi) is 10.4. The topological polar surface area (TPSA) is 75.4 Å². The Morgan fingerprint density at radius 3 is 1.93 bits per heavy atom. The van der Waals surface area contributed by atoms with E-state index in [4.69, 9.17) is 4.98 Å². The van der Waals surface area contributed by atoms with E-state index in [9.17, 15) is 14.7 Å². The minimum Gasteiger partial charge on any atom is -0.480 e. The van der Waals surface area contributed by atoms with Gasteiger partial charge in [-0.1, -0.05) is 136 Å². The molecule has 1 heterocycles. The second-order valence-corrected chi connectivity index (χ2v) is 13.4. The van der Waals surface area contributed by atoms with Gasteiger partial charge in [0, 0.05) is 18.8 Å². The predicted molar refractivity (Wildman–Crippen MR) is 183 cm³/mol. The second kappa shape index (κ2) is 14.6. The highest BCUT2D eigenvalue weighted by molar-refractivity contribution is 7.99. The maximum Gasteiger partial charge on any atom is 0.327 e. The molecule has 4 aromatic carbocycles. The second-order valence-electron chi connectivity index (χ2n) is 12.4. The van der Waals surface area contributed by atoms with Crippen molar-refractivity contribution in [2.24, 2.45) is 5.41 Å². The van der Waals surface area contributed by atoms with Crippen LogP contribution in [0.3, 0.4) is 0 Å². The molecular formula is C38H41N3O3S. The predicted octanol–water partition coefficient (Wildman–Crippen LogP) is 8.09. The number of rotatable bonds is 13. The number of carboxylic acid groups (broad SMARTS) is 1. The Bertz CT molecular complexity index is 1660. The first kappa shape index (κ1) is 32.0. The molecule has 0 saturated carbocycles. The number of hydrogen-bond donors (Lipinski definition) is 1. The van der Waals surface area contributed by atoms with Gasteiger partial charge in [0.05, 0.1) is 17.0 Å². The third-order valence-corrected chi connectivity index (χ3v) is 9.06. The van der Waals surface area contributed by atoms with Gasteiger partial charge < -0.3 is 14.6 Å². The first-order chi connectivity index (χ1) is 21.7. The van der Waals surface area contributed by atoms with Gasteiger partial charge in [-0.25, -0.2) is 9.78 Å². The number of carbonyl (C=O) groups is 2. The Morgan fingerprint density at radius 1 is 0.800 bits per heavy atom. The summed E-state index contributed by atoms with van der Waals surface area (Å²) in [7, 11) is 0. The molecule has 1 amide bonds. The fourth-order valence-corrected chi connectivity index (χ4v) is 6.81. The van der Waals surface area contributed by atoms with E-state index in [1.807, 2.05) is 133 Å². The first-order valence-electron chi connectivity index (χ1n) is 15.5. The van der Waals surface area contributed by atoms with Gasteiger partial charge in [0.15, 0.2) is 5.16 Å². The Morgan fingerprint density at radius 2 is 1.36 bits per heavy atom. The van der Waals surface area contributed by atoms with Crippen LogP contribution in [0.2, 0.25) is 0 Å². The first-order valence-corrected chi connectivity index (χ1v) is 16.5. The molecule has 7 heteroatoms. The van der Waals surface area contributed by atoms with E-state index in [1.165, 1.54) is 5.56 Å². The summed E-state index contributed by atoms with van der Waals surface area (Å²) in [5.74, 6) is -0.503. The molecule has 6 nitrogen and oxygen atoms in total. The molecular weight excluding hydrogens is 579 g/mol. The van der Waals surface area contributed by atoms with Gasteiger partial charge in [-0.15, -0.1) is 0 Å². The molecule has 232 valence electrons. The molecule has 5 rings (SSSR count). The zero-order valence-corrected chi connectivity index (χ0v) is 27.0. The molecule has 0 radical (unpaired) electrons. The summed E-state index contributed by atoms with van der Waals surface area (Å²) in [6.45, 7) is 7.02. The van der Waals surface area contributed by atoms with Crippen LogP contribution < -0.4 is 0 Å². The average Bonchev–Trinajstić information content (AvgIpc) is 3.39. The number of nitrogens with zero attached hydrogens (tertiary/aromatic N) is 3. The van der Waals surface area contributed by atoms with Crippen molar-refractivity contribution in [1.29, 1.82) is 0 Å². The van der Waals surface area contributed by atoms with Gasteiger partial charge >= 0.3 is 5.97 Å². The lowest BCUT2D eigenvalue weighted by Crippen LogP contribution is -2.38. The summed E-state index contributed by atoms with van der Waals surface area (Å²) in [4.78, 5) is 33.8. The molecule has 0 saturated heterocycles.